The Balaban J connectivity index is 2.03. The van der Waals surface area contributed by atoms with Gasteiger partial charge in [-0.15, -0.1) is 0 Å². The average Bonchev–Trinajstić information content (AvgIpc) is 2.93. The van der Waals surface area contributed by atoms with Crippen molar-refractivity contribution in [3.63, 3.8) is 0 Å². The maximum absolute atomic E-state index is 12.3. The van der Waals surface area contributed by atoms with Crippen LogP contribution in [0.15, 0.2) is 12.1 Å². The number of rotatable bonds is 6. The molecule has 25 heavy (non-hydrogen) atoms. The molecule has 0 atom stereocenters. The van der Waals surface area contributed by atoms with E-state index >= 15 is 0 Å². The summed E-state index contributed by atoms with van der Waals surface area (Å²) in [5.41, 5.74) is 0.234. The molecular weight excluding hydrogens is 326 g/mol. The minimum Gasteiger partial charge on any atom is -0.493 e. The van der Waals surface area contributed by atoms with Crippen molar-refractivity contribution in [1.82, 2.24) is 4.90 Å². The highest BCUT2D eigenvalue weighted by Crippen LogP contribution is 2.38. The Morgan fingerprint density at radius 3 is 1.96 bits per heavy atom. The molecule has 0 saturated carbocycles. The van der Waals surface area contributed by atoms with E-state index in [-0.39, 0.29) is 18.1 Å². The zero-order valence-electron chi connectivity index (χ0n) is 15.0. The molecule has 1 aliphatic rings. The molecule has 0 aromatic heterocycles. The fraction of sp³-hybridized carbons (Fsp3) is 0.556. The molecule has 0 spiro atoms. The van der Waals surface area contributed by atoms with Gasteiger partial charge in [0, 0.05) is 13.1 Å². The van der Waals surface area contributed by atoms with Crippen LogP contribution in [-0.2, 0) is 9.53 Å². The number of amides is 1. The molecule has 1 fully saturated rings. The van der Waals surface area contributed by atoms with Crippen molar-refractivity contribution < 1.29 is 28.5 Å². The molecule has 0 radical (unpaired) electrons. The molecule has 0 aliphatic carbocycles. The third-order valence-electron chi connectivity index (χ3n) is 4.19. The van der Waals surface area contributed by atoms with E-state index in [0.29, 0.717) is 17.2 Å². The number of nitrogens with zero attached hydrogens (tertiary/aromatic N) is 1. The number of hydrogen-bond donors (Lipinski definition) is 0. The first-order valence-electron chi connectivity index (χ1n) is 8.35. The minimum atomic E-state index is -0.609. The molecule has 1 saturated heterocycles. The van der Waals surface area contributed by atoms with Crippen LogP contribution in [0.25, 0.3) is 0 Å². The maximum Gasteiger partial charge on any atom is 0.338 e. The number of likely N-dealkylation sites (tertiary alicyclic amines) is 1. The van der Waals surface area contributed by atoms with Gasteiger partial charge in [-0.05, 0) is 25.0 Å². The number of carbonyl (C=O) groups is 2. The number of methoxy groups -OCH3 is 3. The molecular formula is C18H25NO6. The number of ether oxygens (including phenoxy) is 4. The Hall–Kier alpha value is -2.44. The third-order valence-corrected chi connectivity index (χ3v) is 4.19. The summed E-state index contributed by atoms with van der Waals surface area (Å²) in [5.74, 6) is 0.326. The Morgan fingerprint density at radius 2 is 1.48 bits per heavy atom. The molecule has 0 bridgehead atoms. The first-order chi connectivity index (χ1) is 12.1. The van der Waals surface area contributed by atoms with Gasteiger partial charge in [-0.2, -0.15) is 0 Å². The number of benzene rings is 1. The van der Waals surface area contributed by atoms with Gasteiger partial charge < -0.3 is 23.8 Å². The first-order valence-corrected chi connectivity index (χ1v) is 8.35. The van der Waals surface area contributed by atoms with Gasteiger partial charge in [-0.1, -0.05) is 12.8 Å². The summed E-state index contributed by atoms with van der Waals surface area (Å²) in [6.07, 6.45) is 4.25. The Bertz CT molecular complexity index is 583. The van der Waals surface area contributed by atoms with E-state index in [1.165, 1.54) is 33.5 Å². The van der Waals surface area contributed by atoms with Crippen molar-refractivity contribution in [2.24, 2.45) is 0 Å². The second kappa shape index (κ2) is 9.15. The summed E-state index contributed by atoms with van der Waals surface area (Å²) in [5, 5.41) is 0. The zero-order valence-corrected chi connectivity index (χ0v) is 15.0. The summed E-state index contributed by atoms with van der Waals surface area (Å²) < 4.78 is 20.8. The molecule has 0 unspecified atom stereocenters. The lowest BCUT2D eigenvalue weighted by Crippen LogP contribution is -2.35. The first kappa shape index (κ1) is 18.9. The monoisotopic (exact) mass is 351 g/mol. The van der Waals surface area contributed by atoms with E-state index in [9.17, 15) is 9.59 Å². The van der Waals surface area contributed by atoms with Gasteiger partial charge in [0.2, 0.25) is 5.75 Å². The fourth-order valence-corrected chi connectivity index (χ4v) is 2.82. The quantitative estimate of drug-likeness (QED) is 0.732. The lowest BCUT2D eigenvalue weighted by molar-refractivity contribution is -0.134. The van der Waals surface area contributed by atoms with Gasteiger partial charge in [-0.3, -0.25) is 4.79 Å². The third kappa shape index (κ3) is 4.78. The van der Waals surface area contributed by atoms with Crippen molar-refractivity contribution in [3.8, 4) is 17.2 Å². The van der Waals surface area contributed by atoms with Crippen molar-refractivity contribution in [3.05, 3.63) is 17.7 Å². The van der Waals surface area contributed by atoms with E-state index < -0.39 is 5.97 Å². The summed E-state index contributed by atoms with van der Waals surface area (Å²) >= 11 is 0. The predicted octanol–water partition coefficient (Wildman–Crippen LogP) is 2.27. The van der Waals surface area contributed by atoms with Crippen molar-refractivity contribution in [2.45, 2.75) is 25.7 Å². The maximum atomic E-state index is 12.3. The van der Waals surface area contributed by atoms with Crippen molar-refractivity contribution >= 4 is 11.9 Å². The van der Waals surface area contributed by atoms with E-state index in [0.717, 1.165) is 38.8 Å². The van der Waals surface area contributed by atoms with Gasteiger partial charge in [0.05, 0.1) is 26.9 Å². The lowest BCUT2D eigenvalue weighted by Gasteiger charge is -2.20. The molecule has 1 aliphatic heterocycles. The van der Waals surface area contributed by atoms with Gasteiger partial charge in [0.1, 0.15) is 0 Å². The van der Waals surface area contributed by atoms with E-state index in [2.05, 4.69) is 0 Å². The fourth-order valence-electron chi connectivity index (χ4n) is 2.82. The average molecular weight is 351 g/mol. The number of hydrogen-bond acceptors (Lipinski definition) is 6. The van der Waals surface area contributed by atoms with Crippen LogP contribution >= 0.6 is 0 Å². The second-order valence-electron chi connectivity index (χ2n) is 5.79. The van der Waals surface area contributed by atoms with Crippen molar-refractivity contribution in [1.29, 1.82) is 0 Å². The smallest absolute Gasteiger partial charge is 0.338 e. The van der Waals surface area contributed by atoms with Crippen LogP contribution in [-0.4, -0.2) is 57.8 Å². The Kier molecular flexibility index (Phi) is 6.91. The molecule has 1 aromatic rings. The van der Waals surface area contributed by atoms with Crippen LogP contribution < -0.4 is 14.2 Å². The van der Waals surface area contributed by atoms with Gasteiger partial charge >= 0.3 is 5.97 Å². The van der Waals surface area contributed by atoms with Crippen LogP contribution in [0.3, 0.4) is 0 Å². The molecule has 0 N–H and O–H groups in total. The standard InChI is InChI=1S/C18H25NO6/c1-22-14-10-13(11-15(23-2)17(14)24-3)18(21)25-12-16(20)19-8-6-4-5-7-9-19/h10-11H,4-9,12H2,1-3H3. The summed E-state index contributed by atoms with van der Waals surface area (Å²) in [7, 11) is 4.42. The summed E-state index contributed by atoms with van der Waals surface area (Å²) in [6, 6.07) is 3.00. The van der Waals surface area contributed by atoms with Crippen LogP contribution in [0, 0.1) is 0 Å². The van der Waals surface area contributed by atoms with E-state index in [1.54, 1.807) is 4.90 Å². The summed E-state index contributed by atoms with van der Waals surface area (Å²) in [6.45, 7) is 1.18. The molecule has 7 nitrogen and oxygen atoms in total. The van der Waals surface area contributed by atoms with Crippen LogP contribution in [0.4, 0.5) is 0 Å². The lowest BCUT2D eigenvalue weighted by atomic mass is 10.2. The SMILES string of the molecule is COc1cc(C(=O)OCC(=O)N2CCCCCC2)cc(OC)c1OC. The van der Waals surface area contributed by atoms with E-state index in [4.69, 9.17) is 18.9 Å². The minimum absolute atomic E-state index is 0.164. The molecule has 1 amide bonds. The molecule has 1 aromatic carbocycles. The van der Waals surface area contributed by atoms with E-state index in [1.807, 2.05) is 0 Å². The van der Waals surface area contributed by atoms with Gasteiger partial charge in [0.15, 0.2) is 18.1 Å². The van der Waals surface area contributed by atoms with Gasteiger partial charge in [-0.25, -0.2) is 4.79 Å². The van der Waals surface area contributed by atoms with Crippen molar-refractivity contribution in [2.75, 3.05) is 41.0 Å². The molecule has 138 valence electrons. The second-order valence-corrected chi connectivity index (χ2v) is 5.79. The van der Waals surface area contributed by atoms with Crippen LogP contribution in [0.2, 0.25) is 0 Å². The number of carbonyl (C=O) groups excluding carboxylic acids is 2. The normalized spacial score (nSPS) is 14.4. The summed E-state index contributed by atoms with van der Waals surface area (Å²) in [4.78, 5) is 26.3. The van der Waals surface area contributed by atoms with Gasteiger partial charge in [0.25, 0.3) is 5.91 Å². The molecule has 2 rings (SSSR count). The highest BCUT2D eigenvalue weighted by molar-refractivity contribution is 5.92. The Morgan fingerprint density at radius 1 is 0.920 bits per heavy atom. The predicted molar refractivity (Wildman–Crippen MR) is 91.4 cm³/mol. The molecule has 1 heterocycles. The topological polar surface area (TPSA) is 74.3 Å². The van der Waals surface area contributed by atoms with Crippen LogP contribution in [0.5, 0.6) is 17.2 Å². The Labute approximate surface area is 147 Å². The molecule has 7 heteroatoms. The highest BCUT2D eigenvalue weighted by atomic mass is 16.5. The highest BCUT2D eigenvalue weighted by Gasteiger charge is 2.20. The largest absolute Gasteiger partial charge is 0.493 e. The zero-order chi connectivity index (χ0) is 18.2. The van der Waals surface area contributed by atoms with Crippen LogP contribution in [0.1, 0.15) is 36.0 Å². The number of esters is 1.